The number of likely N-dealkylation sites (N-methyl/N-ethyl adjacent to an activating group) is 4. The second kappa shape index (κ2) is 47.3. The lowest BCUT2D eigenvalue weighted by atomic mass is 10.0. The van der Waals surface area contributed by atoms with Crippen molar-refractivity contribution < 1.29 is 75.5 Å². The predicted octanol–water partition coefficient (Wildman–Crippen LogP) is 16.3. The molecule has 4 amide bonds. The van der Waals surface area contributed by atoms with Crippen molar-refractivity contribution in [3.05, 3.63) is 226 Å². The number of nitrogen functional groups attached to an aromatic ring is 3. The highest BCUT2D eigenvalue weighted by atomic mass is 19.1. The monoisotopic (exact) mass is 1800 g/mol. The highest BCUT2D eigenvalue weighted by Gasteiger charge is 2.28. The largest absolute Gasteiger partial charge is 0.496 e. The van der Waals surface area contributed by atoms with Gasteiger partial charge in [-0.1, -0.05) is 56.0 Å². The van der Waals surface area contributed by atoms with Gasteiger partial charge in [-0.2, -0.15) is 0 Å². The number of carbonyl (C=O) groups excluding carboxylic acids is 4. The number of aliphatic carboxylic acids is 2. The Hall–Kier alpha value is -14.0. The summed E-state index contributed by atoms with van der Waals surface area (Å²) in [7, 11) is 20.5. The van der Waals surface area contributed by atoms with Crippen LogP contribution in [0, 0.1) is 23.3 Å². The van der Waals surface area contributed by atoms with E-state index in [-0.39, 0.29) is 87.6 Å². The van der Waals surface area contributed by atoms with Crippen LogP contribution in [0.3, 0.4) is 0 Å². The summed E-state index contributed by atoms with van der Waals surface area (Å²) in [6.07, 6.45) is 11.7. The van der Waals surface area contributed by atoms with Crippen LogP contribution in [-0.4, -0.2) is 195 Å². The summed E-state index contributed by atoms with van der Waals surface area (Å²) in [5.74, 6) is 0.469. The van der Waals surface area contributed by atoms with Gasteiger partial charge < -0.3 is 99.5 Å². The summed E-state index contributed by atoms with van der Waals surface area (Å²) in [5.41, 5.74) is 30.7. The molecule has 6 heterocycles. The topological polar surface area (TPSA) is 360 Å². The number of aromatic amines is 2. The first-order valence-electron chi connectivity index (χ1n) is 42.8. The average molecular weight is 1810 g/mol. The first-order chi connectivity index (χ1) is 62.0. The second-order valence-corrected chi connectivity index (χ2v) is 31.9. The van der Waals surface area contributed by atoms with Gasteiger partial charge in [-0.3, -0.25) is 28.8 Å². The number of anilines is 4. The Bertz CT molecular complexity index is 6250. The van der Waals surface area contributed by atoms with Crippen molar-refractivity contribution >= 4 is 124 Å². The number of halogens is 4. The standard InChI is InChI=1S/C24H29FN4O3.C24H27FN4O2.C24H29FN4O.C18H23FN2O4.C6H8N2.C2H4O2.CH4/c1-5-29-14-16(13-21(31)28(2)3)22-23(29)17(25)12-15(24(22)32-4)10-11-20(30)27-19-9-7-6-8-18(19)26;1-5-29-14-16(13-21(30)28(2)3)22-23(29)17(25)12-15(24(22)31-4)10-11-20-26-18-8-6-7-9-19(18)27-20;1-5-29-15-17(12-13-28(2)3)22-23(29)18(25)14-16(24(22)30-4)10-11-21-26-19-8-6-7-9-20(19)27-21;1-5-21-10-12(9-14(22)20(2)3)16-17(21)13(19)8-11(18(16)25-4)6-7-15(23)24;7-5-3-1-2-4-6(5)8;1-2(3)4;/h6-9,12,14H,5,10-11,13,26H2,1-4H3,(H,27,30);6-9,12,14H,5,10-11,13H2,1-4H3,(H,26,27);6-9,14-15H,5,10-13H2,1-4H3,(H,26,27);8,10H,5-7,9H2,1-4H3,(H,23,24);1-4H,7-8H2;1H3,(H,3,4);1H4. The predicted molar refractivity (Wildman–Crippen MR) is 512 cm³/mol. The third-order valence-electron chi connectivity index (χ3n) is 21.9. The Labute approximate surface area is 761 Å². The van der Waals surface area contributed by atoms with Gasteiger partial charge in [-0.05, 0) is 191 Å². The van der Waals surface area contributed by atoms with E-state index in [0.717, 1.165) is 93.5 Å². The number of carboxylic acid groups (broad SMARTS) is 2. The Morgan fingerprint density at radius 1 is 0.412 bits per heavy atom. The van der Waals surface area contributed by atoms with Crippen molar-refractivity contribution in [1.29, 1.82) is 0 Å². The lowest BCUT2D eigenvalue weighted by Gasteiger charge is -2.14. The van der Waals surface area contributed by atoms with Crippen LogP contribution < -0.4 is 41.5 Å². The number of carbonyl (C=O) groups is 6. The number of amides is 4. The van der Waals surface area contributed by atoms with E-state index in [4.69, 9.17) is 51.2 Å². The molecule has 700 valence electrons. The van der Waals surface area contributed by atoms with E-state index in [0.29, 0.717) is 146 Å². The number of rotatable bonds is 30. The van der Waals surface area contributed by atoms with Gasteiger partial charge in [0.15, 0.2) is 0 Å². The number of methoxy groups -OCH3 is 4. The van der Waals surface area contributed by atoms with Gasteiger partial charge in [0.2, 0.25) is 23.6 Å². The first kappa shape index (κ1) is 102. The molecule has 0 bridgehead atoms. The van der Waals surface area contributed by atoms with E-state index in [1.165, 1.54) is 36.2 Å². The third kappa shape index (κ3) is 25.5. The van der Waals surface area contributed by atoms with Crippen LogP contribution in [0.25, 0.3) is 65.7 Å². The maximum atomic E-state index is 15.2. The van der Waals surface area contributed by atoms with Crippen LogP contribution in [0.5, 0.6) is 23.0 Å². The van der Waals surface area contributed by atoms with Gasteiger partial charge in [-0.15, -0.1) is 0 Å². The highest BCUT2D eigenvalue weighted by Crippen LogP contribution is 2.42. The van der Waals surface area contributed by atoms with Crippen LogP contribution >= 0.6 is 0 Å². The minimum absolute atomic E-state index is 0. The van der Waals surface area contributed by atoms with Crippen molar-refractivity contribution in [3.63, 3.8) is 0 Å². The molecule has 14 aromatic rings. The smallest absolute Gasteiger partial charge is 0.303 e. The number of aromatic nitrogens is 8. The lowest BCUT2D eigenvalue weighted by molar-refractivity contribution is -0.137. The number of aryl methyl sites for hydroxylation is 10. The zero-order valence-corrected chi connectivity index (χ0v) is 77.1. The molecular weight excluding hydrogens is 1680 g/mol. The van der Waals surface area contributed by atoms with Crippen LogP contribution in [0.4, 0.5) is 40.3 Å². The van der Waals surface area contributed by atoms with E-state index >= 15 is 13.2 Å². The number of hydrogen-bond acceptors (Lipinski definition) is 16. The third-order valence-corrected chi connectivity index (χ3v) is 21.9. The number of fused-ring (bicyclic) bond motifs is 6. The highest BCUT2D eigenvalue weighted by molar-refractivity contribution is 5.99. The molecule has 28 nitrogen and oxygen atoms in total. The van der Waals surface area contributed by atoms with E-state index in [9.17, 15) is 28.4 Å². The normalized spacial score (nSPS) is 10.9. The SMILES string of the molecule is C.CC(=O)O.CCn1cc(CC(=O)N(C)C)c2c(OC)c(CCC(=O)Nc3ccccc3N)cc(F)c21.CCn1cc(CC(=O)N(C)C)c2c(OC)c(CCC(=O)O)cc(F)c21.CCn1cc(CC(=O)N(C)C)c2c(OC)c(CCc3nc4ccccc4[nH]3)cc(F)c21.CCn1cc(CCN(C)C)c2c(OC)c(CCc3nc4ccccc4[nH]3)cc(F)c21.Nc1ccccc1N. The summed E-state index contributed by atoms with van der Waals surface area (Å²) < 4.78 is 90.4. The number of nitrogens with one attached hydrogen (secondary N) is 3. The number of H-pyrrole nitrogens is 2. The number of carboxylic acids is 2. The molecule has 14 rings (SSSR count). The number of para-hydroxylation sites is 8. The summed E-state index contributed by atoms with van der Waals surface area (Å²) in [4.78, 5) is 91.8. The summed E-state index contributed by atoms with van der Waals surface area (Å²) in [6, 6.07) is 36.0. The molecule has 0 saturated carbocycles. The fraction of sp³-hybridized carbons (Fsp3) is 0.354. The minimum Gasteiger partial charge on any atom is -0.496 e. The van der Waals surface area contributed by atoms with Gasteiger partial charge >= 0.3 is 5.97 Å². The molecule has 0 aliphatic carbocycles. The second-order valence-electron chi connectivity index (χ2n) is 31.9. The number of nitrogens with two attached hydrogens (primary N) is 3. The lowest BCUT2D eigenvalue weighted by Crippen LogP contribution is -2.23. The number of ether oxygens (including phenoxy) is 4. The number of nitrogens with zero attached hydrogens (tertiary/aromatic N) is 10. The molecule has 0 unspecified atom stereocenters. The van der Waals surface area contributed by atoms with Gasteiger partial charge in [-0.25, -0.2) is 27.5 Å². The minimum atomic E-state index is -0.961. The van der Waals surface area contributed by atoms with Crippen LogP contribution in [-0.2, 0) is 119 Å². The zero-order chi connectivity index (χ0) is 95.1. The molecular formula is C99H124F4N16O12. The van der Waals surface area contributed by atoms with E-state index in [1.807, 2.05) is 104 Å². The zero-order valence-electron chi connectivity index (χ0n) is 77.1. The van der Waals surface area contributed by atoms with Crippen LogP contribution in [0.15, 0.2) is 146 Å². The number of hydrogen-bond donors (Lipinski definition) is 8. The average Bonchev–Trinajstić information content (AvgIpc) is 1.63. The van der Waals surface area contributed by atoms with Crippen molar-refractivity contribution in [2.24, 2.45) is 0 Å². The summed E-state index contributed by atoms with van der Waals surface area (Å²) in [5, 5.41) is 21.8. The fourth-order valence-electron chi connectivity index (χ4n) is 15.4. The van der Waals surface area contributed by atoms with Crippen LogP contribution in [0.2, 0.25) is 0 Å². The van der Waals surface area contributed by atoms with Crippen molar-refractivity contribution in [1.82, 2.24) is 57.8 Å². The van der Waals surface area contributed by atoms with Crippen molar-refractivity contribution in [3.8, 4) is 23.0 Å². The number of imidazole rings is 2. The molecule has 0 spiro atoms. The first-order valence-corrected chi connectivity index (χ1v) is 42.8. The Morgan fingerprint density at radius 2 is 0.710 bits per heavy atom. The van der Waals surface area contributed by atoms with E-state index in [1.54, 1.807) is 131 Å². The summed E-state index contributed by atoms with van der Waals surface area (Å²) >= 11 is 0. The van der Waals surface area contributed by atoms with Gasteiger partial charge in [0.1, 0.15) is 57.9 Å². The van der Waals surface area contributed by atoms with Gasteiger partial charge in [0.25, 0.3) is 5.97 Å². The maximum absolute atomic E-state index is 15.2. The molecule has 8 aromatic carbocycles. The fourth-order valence-corrected chi connectivity index (χ4v) is 15.4. The van der Waals surface area contributed by atoms with Gasteiger partial charge in [0, 0.05) is 154 Å². The molecule has 0 fully saturated rings. The molecule has 0 atom stereocenters. The molecule has 32 heteroatoms. The number of benzene rings is 8. The molecule has 0 saturated heterocycles. The molecule has 0 radical (unpaired) electrons. The molecule has 0 aliphatic rings. The Morgan fingerprint density at radius 3 is 1.01 bits per heavy atom. The quantitative estimate of drug-likeness (QED) is 0.0153. The molecule has 131 heavy (non-hydrogen) atoms. The summed E-state index contributed by atoms with van der Waals surface area (Å²) in [6.45, 7) is 12.2. The maximum Gasteiger partial charge on any atom is 0.303 e. The van der Waals surface area contributed by atoms with Crippen molar-refractivity contribution in [2.45, 2.75) is 145 Å². The van der Waals surface area contributed by atoms with E-state index < -0.39 is 23.6 Å². The molecule has 0 aliphatic heterocycles. The van der Waals surface area contributed by atoms with Gasteiger partial charge in [0.05, 0.1) is 115 Å². The Kier molecular flexibility index (Phi) is 37.0. The van der Waals surface area contributed by atoms with Crippen LogP contribution in [0.1, 0.15) is 111 Å². The van der Waals surface area contributed by atoms with Crippen molar-refractivity contribution in [2.75, 3.05) is 114 Å². The van der Waals surface area contributed by atoms with E-state index in [2.05, 4.69) is 50.4 Å². The Balaban J connectivity index is 0.000000206. The molecule has 6 aromatic heterocycles. The molecule has 11 N–H and O–H groups in total.